The summed E-state index contributed by atoms with van der Waals surface area (Å²) in [5, 5.41) is 0. The molecule has 6 nitrogen and oxygen atoms in total. The van der Waals surface area contributed by atoms with E-state index in [9.17, 15) is 4.79 Å². The maximum absolute atomic E-state index is 11.8. The molecule has 0 aromatic carbocycles. The minimum Gasteiger partial charge on any atom is -0.340 e. The molecule has 1 fully saturated rings. The molecule has 1 aliphatic rings. The number of fused-ring (bicyclic) bond motifs is 1. The van der Waals surface area contributed by atoms with Crippen molar-refractivity contribution in [3.05, 3.63) is 12.7 Å². The number of rotatable bonds is 1. The van der Waals surface area contributed by atoms with Crippen LogP contribution >= 0.6 is 15.9 Å². The normalized spacial score (nSPS) is 20.9. The van der Waals surface area contributed by atoms with E-state index in [0.29, 0.717) is 29.9 Å². The first-order chi connectivity index (χ1) is 7.75. The summed E-state index contributed by atoms with van der Waals surface area (Å²) in [6.45, 7) is 0.629. The Balaban J connectivity index is 2.12. The zero-order valence-electron chi connectivity index (χ0n) is 8.22. The van der Waals surface area contributed by atoms with Gasteiger partial charge in [0.1, 0.15) is 11.8 Å². The van der Waals surface area contributed by atoms with Crippen molar-refractivity contribution in [2.75, 3.05) is 11.4 Å². The molecule has 3 rings (SSSR count). The van der Waals surface area contributed by atoms with Crippen molar-refractivity contribution in [3.63, 3.8) is 0 Å². The van der Waals surface area contributed by atoms with Gasteiger partial charge in [-0.15, -0.1) is 0 Å². The van der Waals surface area contributed by atoms with Gasteiger partial charge in [0.15, 0.2) is 11.5 Å². The Hall–Kier alpha value is -1.50. The van der Waals surface area contributed by atoms with Crippen LogP contribution in [0.5, 0.6) is 0 Å². The summed E-state index contributed by atoms with van der Waals surface area (Å²) >= 11 is 3.44. The van der Waals surface area contributed by atoms with Crippen LogP contribution in [0.1, 0.15) is 6.42 Å². The van der Waals surface area contributed by atoms with E-state index in [4.69, 9.17) is 0 Å². The Bertz CT molecular complexity index is 554. The van der Waals surface area contributed by atoms with E-state index in [-0.39, 0.29) is 10.7 Å². The van der Waals surface area contributed by atoms with Crippen molar-refractivity contribution in [1.29, 1.82) is 0 Å². The molecule has 2 aromatic rings. The molecule has 3 heterocycles. The summed E-state index contributed by atoms with van der Waals surface area (Å²) in [5.74, 6) is 0.672. The lowest BCUT2D eigenvalue weighted by atomic mass is 10.4. The van der Waals surface area contributed by atoms with E-state index in [2.05, 4.69) is 35.9 Å². The molecular formula is C9H8BrN5O. The van der Waals surface area contributed by atoms with Gasteiger partial charge < -0.3 is 4.98 Å². The van der Waals surface area contributed by atoms with Crippen molar-refractivity contribution < 1.29 is 4.79 Å². The molecule has 0 radical (unpaired) electrons. The summed E-state index contributed by atoms with van der Waals surface area (Å²) < 4.78 is 0. The molecular weight excluding hydrogens is 274 g/mol. The maximum Gasteiger partial charge on any atom is 0.229 e. The maximum atomic E-state index is 11.8. The van der Waals surface area contributed by atoms with Crippen LogP contribution < -0.4 is 4.90 Å². The molecule has 1 unspecified atom stereocenters. The van der Waals surface area contributed by atoms with Gasteiger partial charge >= 0.3 is 0 Å². The van der Waals surface area contributed by atoms with Crippen molar-refractivity contribution in [2.45, 2.75) is 11.2 Å². The highest BCUT2D eigenvalue weighted by atomic mass is 79.9. The van der Waals surface area contributed by atoms with Gasteiger partial charge in [-0.3, -0.25) is 9.69 Å². The molecule has 1 N–H and O–H groups in total. The number of anilines is 1. The van der Waals surface area contributed by atoms with Gasteiger partial charge in [0.25, 0.3) is 0 Å². The fourth-order valence-corrected chi connectivity index (χ4v) is 2.39. The van der Waals surface area contributed by atoms with Crippen LogP contribution in [0.3, 0.4) is 0 Å². The fourth-order valence-electron chi connectivity index (χ4n) is 1.83. The van der Waals surface area contributed by atoms with Crippen molar-refractivity contribution in [1.82, 2.24) is 19.9 Å². The summed E-state index contributed by atoms with van der Waals surface area (Å²) in [6.07, 6.45) is 3.47. The van der Waals surface area contributed by atoms with Crippen LogP contribution in [0.15, 0.2) is 12.7 Å². The molecule has 16 heavy (non-hydrogen) atoms. The van der Waals surface area contributed by atoms with E-state index >= 15 is 0 Å². The monoisotopic (exact) mass is 281 g/mol. The first kappa shape index (κ1) is 9.71. The van der Waals surface area contributed by atoms with Crippen molar-refractivity contribution in [3.8, 4) is 0 Å². The first-order valence-electron chi connectivity index (χ1n) is 4.84. The molecule has 7 heteroatoms. The molecule has 1 saturated heterocycles. The van der Waals surface area contributed by atoms with E-state index in [1.54, 1.807) is 11.2 Å². The predicted octanol–water partition coefficient (Wildman–Crippen LogP) is 0.853. The number of nitrogens with one attached hydrogen (secondary N) is 1. The van der Waals surface area contributed by atoms with Crippen LogP contribution in [-0.4, -0.2) is 37.2 Å². The number of amides is 1. The third kappa shape index (κ3) is 1.39. The number of halogens is 1. The van der Waals surface area contributed by atoms with E-state index in [0.717, 1.165) is 0 Å². The number of hydrogen-bond acceptors (Lipinski definition) is 4. The fraction of sp³-hybridized carbons (Fsp3) is 0.333. The van der Waals surface area contributed by atoms with Crippen LogP contribution in [0.4, 0.5) is 5.82 Å². The number of alkyl halides is 1. The lowest BCUT2D eigenvalue weighted by molar-refractivity contribution is -0.117. The highest BCUT2D eigenvalue weighted by molar-refractivity contribution is 9.09. The number of H-pyrrole nitrogens is 1. The smallest absolute Gasteiger partial charge is 0.229 e. The van der Waals surface area contributed by atoms with E-state index < -0.39 is 0 Å². The number of aromatic amines is 1. The van der Waals surface area contributed by atoms with Crippen LogP contribution in [0.25, 0.3) is 11.2 Å². The molecule has 1 aliphatic heterocycles. The summed E-state index contributed by atoms with van der Waals surface area (Å²) in [4.78, 5) is 28.7. The summed E-state index contributed by atoms with van der Waals surface area (Å²) in [5.41, 5.74) is 1.29. The zero-order chi connectivity index (χ0) is 11.1. The van der Waals surface area contributed by atoms with Crippen molar-refractivity contribution in [2.24, 2.45) is 0 Å². The number of aromatic nitrogens is 4. The highest BCUT2D eigenvalue weighted by Gasteiger charge is 2.31. The molecule has 0 bridgehead atoms. The third-order valence-electron chi connectivity index (χ3n) is 2.54. The minimum atomic E-state index is 0.0662. The first-order valence-corrected chi connectivity index (χ1v) is 5.76. The van der Waals surface area contributed by atoms with Gasteiger partial charge in [0, 0.05) is 17.8 Å². The Labute approximate surface area is 99.2 Å². The molecule has 0 spiro atoms. The topological polar surface area (TPSA) is 74.8 Å². The number of imidazole rings is 1. The highest BCUT2D eigenvalue weighted by Crippen LogP contribution is 2.27. The SMILES string of the molecule is O=C1CC(Br)CN1c1ncnc2nc[nH]c12. The number of carbonyl (C=O) groups excluding carboxylic acids is 1. The molecule has 82 valence electrons. The molecule has 2 aromatic heterocycles. The van der Waals surface area contributed by atoms with Gasteiger partial charge in [-0.25, -0.2) is 15.0 Å². The van der Waals surface area contributed by atoms with Gasteiger partial charge in [0.2, 0.25) is 5.91 Å². The number of nitrogens with zero attached hydrogens (tertiary/aromatic N) is 4. The van der Waals surface area contributed by atoms with Crippen LogP contribution in [-0.2, 0) is 4.79 Å². The third-order valence-corrected chi connectivity index (χ3v) is 3.15. The van der Waals surface area contributed by atoms with E-state index in [1.807, 2.05) is 0 Å². The Morgan fingerprint density at radius 2 is 2.31 bits per heavy atom. The average Bonchev–Trinajstić information content (AvgIpc) is 2.84. The number of carbonyl (C=O) groups is 1. The average molecular weight is 282 g/mol. The van der Waals surface area contributed by atoms with Gasteiger partial charge in [-0.05, 0) is 0 Å². The van der Waals surface area contributed by atoms with Crippen LogP contribution in [0.2, 0.25) is 0 Å². The minimum absolute atomic E-state index is 0.0662. The predicted molar refractivity (Wildman–Crippen MR) is 61.4 cm³/mol. The van der Waals surface area contributed by atoms with Crippen molar-refractivity contribution >= 4 is 38.8 Å². The second-order valence-electron chi connectivity index (χ2n) is 3.60. The zero-order valence-corrected chi connectivity index (χ0v) is 9.81. The number of hydrogen-bond donors (Lipinski definition) is 1. The summed E-state index contributed by atoms with van der Waals surface area (Å²) in [7, 11) is 0. The standard InChI is InChI=1S/C9H8BrN5O/c10-5-1-6(16)15(2-5)9-7-8(12-3-11-7)13-4-14-9/h3-5H,1-2H2,(H,11,12,13,14). The lowest BCUT2D eigenvalue weighted by Gasteiger charge is -2.14. The second-order valence-corrected chi connectivity index (χ2v) is 4.90. The molecule has 1 amide bonds. The van der Waals surface area contributed by atoms with Gasteiger partial charge in [-0.2, -0.15) is 0 Å². The summed E-state index contributed by atoms with van der Waals surface area (Å²) in [6, 6.07) is 0. The molecule has 1 atom stereocenters. The Kier molecular flexibility index (Phi) is 2.13. The quantitative estimate of drug-likeness (QED) is 0.787. The van der Waals surface area contributed by atoms with Gasteiger partial charge in [-0.1, -0.05) is 15.9 Å². The van der Waals surface area contributed by atoms with Crippen LogP contribution in [0, 0.1) is 0 Å². The van der Waals surface area contributed by atoms with Gasteiger partial charge in [0.05, 0.1) is 6.33 Å². The Morgan fingerprint density at radius 3 is 3.06 bits per heavy atom. The van der Waals surface area contributed by atoms with E-state index in [1.165, 1.54) is 6.33 Å². The largest absolute Gasteiger partial charge is 0.340 e. The molecule has 0 aliphatic carbocycles. The molecule has 0 saturated carbocycles. The Morgan fingerprint density at radius 1 is 1.44 bits per heavy atom. The second kappa shape index (κ2) is 3.51. The lowest BCUT2D eigenvalue weighted by Crippen LogP contribution is -2.25.